The molecule has 19 heavy (non-hydrogen) atoms. The van der Waals surface area contributed by atoms with Gasteiger partial charge in [0.2, 0.25) is 0 Å². The van der Waals surface area contributed by atoms with Crippen LogP contribution in [-0.4, -0.2) is 47.8 Å². The zero-order chi connectivity index (χ0) is 14.0. The highest BCUT2D eigenvalue weighted by atomic mass is 16.5. The first-order chi connectivity index (χ1) is 9.06. The van der Waals surface area contributed by atoms with Gasteiger partial charge in [0.25, 0.3) is 5.91 Å². The minimum atomic E-state index is -0.304. The fraction of sp³-hybridized carbons (Fsp3) is 0.643. The van der Waals surface area contributed by atoms with Crippen LogP contribution >= 0.6 is 0 Å². The highest BCUT2D eigenvalue weighted by Gasteiger charge is 2.31. The van der Waals surface area contributed by atoms with Crippen molar-refractivity contribution < 1.29 is 19.1 Å². The number of rotatable bonds is 3. The predicted octanol–water partition coefficient (Wildman–Crippen LogP) is 1.37. The van der Waals surface area contributed by atoms with Gasteiger partial charge in [0.1, 0.15) is 5.76 Å². The maximum Gasteiger partial charge on any atom is 0.289 e. The molecule has 1 amide bonds. The molecule has 2 atom stereocenters. The third-order valence-electron chi connectivity index (χ3n) is 3.52. The number of ether oxygens (including phenoxy) is 1. The zero-order valence-electron chi connectivity index (χ0n) is 11.7. The molecule has 0 bridgehead atoms. The van der Waals surface area contributed by atoms with Crippen LogP contribution in [0.5, 0.6) is 0 Å². The number of aryl methyl sites for hydroxylation is 2. The predicted molar refractivity (Wildman–Crippen MR) is 70.1 cm³/mol. The molecule has 0 spiro atoms. The summed E-state index contributed by atoms with van der Waals surface area (Å²) in [5.74, 6) is 1.10. The molecule has 1 N–H and O–H groups in total. The van der Waals surface area contributed by atoms with Crippen LogP contribution in [0, 0.1) is 6.92 Å². The standard InChI is InChI=1S/C14H21NO4/c1-4-12-9(2)5-13(19-12)14(17)15-6-11(7-16)18-8-10(15)3/h5,10-11,16H,4,6-8H2,1-3H3. The van der Waals surface area contributed by atoms with Crippen LogP contribution in [0.2, 0.25) is 0 Å². The lowest BCUT2D eigenvalue weighted by Gasteiger charge is -2.36. The number of aliphatic hydroxyl groups excluding tert-OH is 1. The van der Waals surface area contributed by atoms with Gasteiger partial charge in [0.15, 0.2) is 5.76 Å². The third-order valence-corrected chi connectivity index (χ3v) is 3.52. The molecular weight excluding hydrogens is 246 g/mol. The molecule has 2 unspecified atom stereocenters. The second-order valence-electron chi connectivity index (χ2n) is 5.01. The Morgan fingerprint density at radius 1 is 1.58 bits per heavy atom. The minimum absolute atomic E-state index is 0.00853. The lowest BCUT2D eigenvalue weighted by Crippen LogP contribution is -2.51. The number of carbonyl (C=O) groups excluding carboxylic acids is 1. The highest BCUT2D eigenvalue weighted by molar-refractivity contribution is 5.92. The van der Waals surface area contributed by atoms with Gasteiger partial charge in [-0.05, 0) is 25.5 Å². The van der Waals surface area contributed by atoms with Gasteiger partial charge in [0.05, 0.1) is 25.4 Å². The Hall–Kier alpha value is -1.33. The summed E-state index contributed by atoms with van der Waals surface area (Å²) in [6.45, 7) is 6.64. The van der Waals surface area contributed by atoms with Crippen LogP contribution in [0.4, 0.5) is 0 Å². The van der Waals surface area contributed by atoms with E-state index in [0.29, 0.717) is 18.9 Å². The second kappa shape index (κ2) is 5.75. The van der Waals surface area contributed by atoms with E-state index in [1.165, 1.54) is 0 Å². The van der Waals surface area contributed by atoms with E-state index in [4.69, 9.17) is 14.3 Å². The summed E-state index contributed by atoms with van der Waals surface area (Å²) in [5.41, 5.74) is 1.01. The average Bonchev–Trinajstić information content (AvgIpc) is 2.80. The van der Waals surface area contributed by atoms with Crippen molar-refractivity contribution in [2.75, 3.05) is 19.8 Å². The minimum Gasteiger partial charge on any atom is -0.456 e. The van der Waals surface area contributed by atoms with Crippen molar-refractivity contribution in [3.05, 3.63) is 23.2 Å². The Bertz CT molecular complexity index is 454. The molecule has 1 fully saturated rings. The third kappa shape index (κ3) is 2.82. The number of hydrogen-bond donors (Lipinski definition) is 1. The summed E-state index contributed by atoms with van der Waals surface area (Å²) < 4.78 is 11.0. The van der Waals surface area contributed by atoms with E-state index in [-0.39, 0.29) is 24.7 Å². The molecule has 1 aromatic rings. The Morgan fingerprint density at radius 3 is 2.89 bits per heavy atom. The topological polar surface area (TPSA) is 62.9 Å². The molecule has 5 heteroatoms. The number of carbonyl (C=O) groups is 1. The first-order valence-electron chi connectivity index (χ1n) is 6.69. The van der Waals surface area contributed by atoms with Crippen molar-refractivity contribution in [2.24, 2.45) is 0 Å². The highest BCUT2D eigenvalue weighted by Crippen LogP contribution is 2.20. The summed E-state index contributed by atoms with van der Waals surface area (Å²) in [6.07, 6.45) is 0.471. The van der Waals surface area contributed by atoms with Crippen LogP contribution < -0.4 is 0 Å². The number of amides is 1. The monoisotopic (exact) mass is 267 g/mol. The SMILES string of the molecule is CCc1oc(C(=O)N2CC(CO)OCC2C)cc1C. The molecule has 0 saturated carbocycles. The van der Waals surface area contributed by atoms with Crippen molar-refractivity contribution in [1.82, 2.24) is 4.90 Å². The molecule has 2 heterocycles. The van der Waals surface area contributed by atoms with Crippen LogP contribution in [0.15, 0.2) is 10.5 Å². The summed E-state index contributed by atoms with van der Waals surface area (Å²) >= 11 is 0. The van der Waals surface area contributed by atoms with Gasteiger partial charge in [-0.1, -0.05) is 6.92 Å². The molecule has 0 radical (unpaired) electrons. The fourth-order valence-corrected chi connectivity index (χ4v) is 2.33. The van der Waals surface area contributed by atoms with Crippen molar-refractivity contribution >= 4 is 5.91 Å². The van der Waals surface area contributed by atoms with E-state index in [9.17, 15) is 4.79 Å². The second-order valence-corrected chi connectivity index (χ2v) is 5.01. The van der Waals surface area contributed by atoms with E-state index in [2.05, 4.69) is 0 Å². The zero-order valence-corrected chi connectivity index (χ0v) is 11.7. The van der Waals surface area contributed by atoms with E-state index in [0.717, 1.165) is 17.7 Å². The maximum absolute atomic E-state index is 12.4. The molecule has 1 aliphatic rings. The lowest BCUT2D eigenvalue weighted by molar-refractivity contribution is -0.0674. The summed E-state index contributed by atoms with van der Waals surface area (Å²) in [5, 5.41) is 9.15. The first-order valence-corrected chi connectivity index (χ1v) is 6.69. The Kier molecular flexibility index (Phi) is 4.27. The Labute approximate surface area is 113 Å². The summed E-state index contributed by atoms with van der Waals surface area (Å²) in [6, 6.07) is 1.78. The molecule has 1 saturated heterocycles. The van der Waals surface area contributed by atoms with E-state index in [1.54, 1.807) is 11.0 Å². The number of morpholine rings is 1. The lowest BCUT2D eigenvalue weighted by atomic mass is 10.1. The first kappa shape index (κ1) is 14.1. The molecule has 0 aromatic carbocycles. The Balaban J connectivity index is 2.17. The molecule has 106 valence electrons. The normalized spacial score (nSPS) is 23.7. The smallest absolute Gasteiger partial charge is 0.289 e. The fourth-order valence-electron chi connectivity index (χ4n) is 2.33. The van der Waals surface area contributed by atoms with Gasteiger partial charge in [-0.15, -0.1) is 0 Å². The van der Waals surface area contributed by atoms with Gasteiger partial charge in [0, 0.05) is 13.0 Å². The maximum atomic E-state index is 12.4. The van der Waals surface area contributed by atoms with Gasteiger partial charge < -0.3 is 19.2 Å². The summed E-state index contributed by atoms with van der Waals surface area (Å²) in [4.78, 5) is 14.2. The molecule has 0 aliphatic carbocycles. The van der Waals surface area contributed by atoms with Crippen molar-refractivity contribution in [3.63, 3.8) is 0 Å². The molecule has 2 rings (SSSR count). The van der Waals surface area contributed by atoms with Gasteiger partial charge in [-0.3, -0.25) is 4.79 Å². The van der Waals surface area contributed by atoms with Crippen molar-refractivity contribution in [3.8, 4) is 0 Å². The Morgan fingerprint density at radius 2 is 2.32 bits per heavy atom. The van der Waals surface area contributed by atoms with Gasteiger partial charge in [-0.25, -0.2) is 0 Å². The molecule has 1 aromatic heterocycles. The summed E-state index contributed by atoms with van der Waals surface area (Å²) in [7, 11) is 0. The van der Waals surface area contributed by atoms with E-state index < -0.39 is 0 Å². The largest absolute Gasteiger partial charge is 0.456 e. The van der Waals surface area contributed by atoms with Gasteiger partial charge in [-0.2, -0.15) is 0 Å². The quantitative estimate of drug-likeness (QED) is 0.898. The van der Waals surface area contributed by atoms with Crippen LogP contribution in [-0.2, 0) is 11.2 Å². The number of aliphatic hydroxyl groups is 1. The van der Waals surface area contributed by atoms with Crippen LogP contribution in [0.1, 0.15) is 35.7 Å². The molecule has 1 aliphatic heterocycles. The van der Waals surface area contributed by atoms with Crippen molar-refractivity contribution in [1.29, 1.82) is 0 Å². The van der Waals surface area contributed by atoms with Crippen LogP contribution in [0.25, 0.3) is 0 Å². The number of hydrogen-bond acceptors (Lipinski definition) is 4. The molecular formula is C14H21NO4. The van der Waals surface area contributed by atoms with Crippen LogP contribution in [0.3, 0.4) is 0 Å². The van der Waals surface area contributed by atoms with Gasteiger partial charge >= 0.3 is 0 Å². The van der Waals surface area contributed by atoms with E-state index >= 15 is 0 Å². The average molecular weight is 267 g/mol. The molecule has 5 nitrogen and oxygen atoms in total. The number of nitrogens with zero attached hydrogens (tertiary/aromatic N) is 1. The van der Waals surface area contributed by atoms with E-state index in [1.807, 2.05) is 20.8 Å². The number of furan rings is 1. The van der Waals surface area contributed by atoms with Crippen molar-refractivity contribution in [2.45, 2.75) is 39.3 Å².